The number of imidazole rings is 1. The number of H-pyrrole nitrogens is 1. The lowest BCUT2D eigenvalue weighted by Gasteiger charge is -2.01. The minimum absolute atomic E-state index is 0.203. The Morgan fingerprint density at radius 3 is 3.00 bits per heavy atom. The number of hydrogen-bond donors (Lipinski definition) is 2. The van der Waals surface area contributed by atoms with E-state index in [0.29, 0.717) is 0 Å². The Balaban J connectivity index is 2.65. The quantitative estimate of drug-likeness (QED) is 0.767. The molecular formula is C6H10IN3. The third kappa shape index (κ3) is 1.95. The van der Waals surface area contributed by atoms with Crippen molar-refractivity contribution < 1.29 is 0 Å². The van der Waals surface area contributed by atoms with Crippen LogP contribution in [0, 0.1) is 3.70 Å². The third-order valence-corrected chi connectivity index (χ3v) is 2.12. The normalized spacial score (nSPS) is 13.5. The smallest absolute Gasteiger partial charge is 0.122 e. The largest absolute Gasteiger partial charge is 0.348 e. The lowest BCUT2D eigenvalue weighted by Crippen LogP contribution is -2.18. The van der Waals surface area contributed by atoms with Crippen LogP contribution in [-0.4, -0.2) is 16.0 Å². The van der Waals surface area contributed by atoms with E-state index in [1.54, 1.807) is 6.33 Å². The maximum atomic E-state index is 5.60. The molecule has 10 heavy (non-hydrogen) atoms. The molecule has 1 aromatic heterocycles. The van der Waals surface area contributed by atoms with Crippen LogP contribution in [0.2, 0.25) is 0 Å². The van der Waals surface area contributed by atoms with Gasteiger partial charge in [-0.25, -0.2) is 4.98 Å². The summed E-state index contributed by atoms with van der Waals surface area (Å²) in [7, 11) is 0. The molecule has 4 heteroatoms. The van der Waals surface area contributed by atoms with Gasteiger partial charge in [0.2, 0.25) is 0 Å². The first-order chi connectivity index (χ1) is 4.70. The molecule has 0 fully saturated rings. The van der Waals surface area contributed by atoms with Crippen LogP contribution in [0.3, 0.4) is 0 Å². The Bertz CT molecular complexity index is 207. The molecule has 0 aliphatic carbocycles. The van der Waals surface area contributed by atoms with E-state index >= 15 is 0 Å². The van der Waals surface area contributed by atoms with E-state index in [4.69, 9.17) is 5.73 Å². The van der Waals surface area contributed by atoms with Crippen LogP contribution in [0.5, 0.6) is 0 Å². The van der Waals surface area contributed by atoms with Gasteiger partial charge in [-0.15, -0.1) is 0 Å². The van der Waals surface area contributed by atoms with Crippen LogP contribution in [0.25, 0.3) is 0 Å². The van der Waals surface area contributed by atoms with Crippen molar-refractivity contribution in [3.63, 3.8) is 0 Å². The van der Waals surface area contributed by atoms with Crippen molar-refractivity contribution in [2.24, 2.45) is 5.73 Å². The summed E-state index contributed by atoms with van der Waals surface area (Å²) in [5.74, 6) is 0. The van der Waals surface area contributed by atoms with Crippen LogP contribution < -0.4 is 5.73 Å². The average molecular weight is 251 g/mol. The lowest BCUT2D eigenvalue weighted by molar-refractivity contribution is 0.723. The van der Waals surface area contributed by atoms with Gasteiger partial charge in [-0.1, -0.05) is 0 Å². The highest BCUT2D eigenvalue weighted by atomic mass is 127. The van der Waals surface area contributed by atoms with E-state index in [1.807, 2.05) is 6.92 Å². The number of halogens is 1. The van der Waals surface area contributed by atoms with Crippen molar-refractivity contribution in [2.45, 2.75) is 19.4 Å². The van der Waals surface area contributed by atoms with Gasteiger partial charge in [0.25, 0.3) is 0 Å². The first kappa shape index (κ1) is 8.00. The Morgan fingerprint density at radius 1 is 1.90 bits per heavy atom. The van der Waals surface area contributed by atoms with Crippen molar-refractivity contribution in [3.8, 4) is 0 Å². The fourth-order valence-corrected chi connectivity index (χ4v) is 1.28. The maximum absolute atomic E-state index is 5.60. The van der Waals surface area contributed by atoms with E-state index < -0.39 is 0 Å². The van der Waals surface area contributed by atoms with E-state index in [9.17, 15) is 0 Å². The molecule has 0 saturated carbocycles. The summed E-state index contributed by atoms with van der Waals surface area (Å²) < 4.78 is 1.02. The molecule has 56 valence electrons. The summed E-state index contributed by atoms with van der Waals surface area (Å²) in [6.45, 7) is 1.98. The Hall–Kier alpha value is -0.100. The number of aromatic nitrogens is 2. The molecule has 0 unspecified atom stereocenters. The molecule has 0 spiro atoms. The van der Waals surface area contributed by atoms with Gasteiger partial charge in [0, 0.05) is 18.2 Å². The summed E-state index contributed by atoms with van der Waals surface area (Å²) in [5.41, 5.74) is 6.74. The van der Waals surface area contributed by atoms with Crippen molar-refractivity contribution in [1.29, 1.82) is 0 Å². The van der Waals surface area contributed by atoms with Crippen LogP contribution in [0.1, 0.15) is 12.6 Å². The Labute approximate surface area is 73.6 Å². The van der Waals surface area contributed by atoms with Crippen LogP contribution >= 0.6 is 22.6 Å². The molecule has 3 nitrogen and oxygen atoms in total. The first-order valence-electron chi connectivity index (χ1n) is 3.13. The van der Waals surface area contributed by atoms with E-state index in [0.717, 1.165) is 15.8 Å². The number of aromatic amines is 1. The van der Waals surface area contributed by atoms with Crippen LogP contribution in [0.15, 0.2) is 6.33 Å². The zero-order valence-corrected chi connectivity index (χ0v) is 7.92. The predicted octanol–water partition coefficient (Wildman–Crippen LogP) is 0.904. The molecule has 0 aliphatic rings. The highest BCUT2D eigenvalue weighted by Gasteiger charge is 2.03. The standard InChI is InChI=1S/C6H10IN3/c1-4(8)2-5-6(7)10-3-9-5/h3-4H,2,8H2,1H3,(H,9,10)/t4-/m1/s1. The van der Waals surface area contributed by atoms with Gasteiger partial charge in [-0.2, -0.15) is 0 Å². The van der Waals surface area contributed by atoms with E-state index in [-0.39, 0.29) is 6.04 Å². The van der Waals surface area contributed by atoms with Crippen molar-refractivity contribution >= 4 is 22.6 Å². The molecule has 0 aromatic carbocycles. The predicted molar refractivity (Wildman–Crippen MR) is 48.7 cm³/mol. The van der Waals surface area contributed by atoms with Gasteiger partial charge in [-0.05, 0) is 29.5 Å². The monoisotopic (exact) mass is 251 g/mol. The van der Waals surface area contributed by atoms with Crippen LogP contribution in [-0.2, 0) is 6.42 Å². The fraction of sp³-hybridized carbons (Fsp3) is 0.500. The Morgan fingerprint density at radius 2 is 2.60 bits per heavy atom. The highest BCUT2D eigenvalue weighted by Crippen LogP contribution is 2.07. The van der Waals surface area contributed by atoms with Gasteiger partial charge in [-0.3, -0.25) is 0 Å². The number of nitrogens with one attached hydrogen (secondary N) is 1. The molecule has 1 aromatic rings. The maximum Gasteiger partial charge on any atom is 0.122 e. The van der Waals surface area contributed by atoms with Gasteiger partial charge in [0.05, 0.1) is 6.33 Å². The van der Waals surface area contributed by atoms with Gasteiger partial charge in [0.1, 0.15) is 3.70 Å². The topological polar surface area (TPSA) is 54.7 Å². The zero-order chi connectivity index (χ0) is 7.56. The third-order valence-electron chi connectivity index (χ3n) is 1.19. The van der Waals surface area contributed by atoms with Gasteiger partial charge >= 0.3 is 0 Å². The molecule has 0 aliphatic heterocycles. The minimum atomic E-state index is 0.203. The van der Waals surface area contributed by atoms with Crippen molar-refractivity contribution in [1.82, 2.24) is 9.97 Å². The molecule has 1 atom stereocenters. The molecule has 1 rings (SSSR count). The number of nitrogens with two attached hydrogens (primary N) is 1. The minimum Gasteiger partial charge on any atom is -0.348 e. The molecule has 0 saturated heterocycles. The van der Waals surface area contributed by atoms with E-state index in [2.05, 4.69) is 32.6 Å². The summed E-state index contributed by atoms with van der Waals surface area (Å²) in [6, 6.07) is 0.203. The Kier molecular flexibility index (Phi) is 2.67. The number of rotatable bonds is 2. The molecular weight excluding hydrogens is 241 g/mol. The molecule has 1 heterocycles. The summed E-state index contributed by atoms with van der Waals surface area (Å²) in [6.07, 6.45) is 2.57. The fourth-order valence-electron chi connectivity index (χ4n) is 0.769. The SMILES string of the molecule is C[C@@H](N)Cc1[nH]cnc1I. The molecule has 0 amide bonds. The first-order valence-corrected chi connectivity index (χ1v) is 4.21. The lowest BCUT2D eigenvalue weighted by atomic mass is 10.2. The van der Waals surface area contributed by atoms with Crippen molar-refractivity contribution in [2.75, 3.05) is 0 Å². The molecule has 3 N–H and O–H groups in total. The summed E-state index contributed by atoms with van der Waals surface area (Å²) >= 11 is 2.19. The summed E-state index contributed by atoms with van der Waals surface area (Å²) in [4.78, 5) is 7.08. The summed E-state index contributed by atoms with van der Waals surface area (Å²) in [5, 5.41) is 0. The number of nitrogens with zero attached hydrogens (tertiary/aromatic N) is 1. The van der Waals surface area contributed by atoms with Gasteiger partial charge < -0.3 is 10.7 Å². The van der Waals surface area contributed by atoms with Crippen molar-refractivity contribution in [3.05, 3.63) is 15.7 Å². The van der Waals surface area contributed by atoms with E-state index in [1.165, 1.54) is 0 Å². The second-order valence-electron chi connectivity index (χ2n) is 2.35. The number of hydrogen-bond acceptors (Lipinski definition) is 2. The van der Waals surface area contributed by atoms with Gasteiger partial charge in [0.15, 0.2) is 0 Å². The highest BCUT2D eigenvalue weighted by molar-refractivity contribution is 14.1. The zero-order valence-electron chi connectivity index (χ0n) is 5.76. The molecule has 0 bridgehead atoms. The van der Waals surface area contributed by atoms with Crippen LogP contribution in [0.4, 0.5) is 0 Å². The average Bonchev–Trinajstić information content (AvgIpc) is 2.15. The second kappa shape index (κ2) is 3.34. The second-order valence-corrected chi connectivity index (χ2v) is 3.38. The molecule has 0 radical (unpaired) electrons.